The molecule has 1 N–H and O–H groups in total. The van der Waals surface area contributed by atoms with Gasteiger partial charge in [0.1, 0.15) is 0 Å². The molecule has 2 aromatic carbocycles. The van der Waals surface area contributed by atoms with Crippen molar-refractivity contribution in [1.82, 2.24) is 4.31 Å². The van der Waals surface area contributed by atoms with E-state index in [1.165, 1.54) is 40.7 Å². The number of nitrogens with one attached hydrogen (secondary N) is 1. The van der Waals surface area contributed by atoms with Gasteiger partial charge in [0.15, 0.2) is 0 Å². The van der Waals surface area contributed by atoms with E-state index in [-0.39, 0.29) is 15.9 Å². The topological polar surface area (TPSA) is 92.8 Å². The highest BCUT2D eigenvalue weighted by molar-refractivity contribution is 7.92. The number of anilines is 1. The number of sulfonamides is 2. The minimum Gasteiger partial charge on any atom is -0.376 e. The maximum absolute atomic E-state index is 12.7. The Morgan fingerprint density at radius 2 is 1.62 bits per heavy atom. The largest absolute Gasteiger partial charge is 0.376 e. The van der Waals surface area contributed by atoms with E-state index in [1.54, 1.807) is 18.2 Å². The van der Waals surface area contributed by atoms with E-state index in [4.69, 9.17) is 4.74 Å². The third-order valence-electron chi connectivity index (χ3n) is 4.00. The quantitative estimate of drug-likeness (QED) is 0.833. The van der Waals surface area contributed by atoms with Crippen LogP contribution in [-0.4, -0.2) is 46.9 Å². The van der Waals surface area contributed by atoms with E-state index in [1.807, 2.05) is 6.92 Å². The second-order valence-corrected chi connectivity index (χ2v) is 9.61. The van der Waals surface area contributed by atoms with Crippen molar-refractivity contribution in [2.45, 2.75) is 22.8 Å². The first-order valence-corrected chi connectivity index (χ1v) is 11.0. The summed E-state index contributed by atoms with van der Waals surface area (Å²) < 4.78 is 59.2. The minimum atomic E-state index is -3.72. The van der Waals surface area contributed by atoms with Crippen molar-refractivity contribution in [2.75, 3.05) is 24.4 Å². The molecule has 0 saturated carbocycles. The van der Waals surface area contributed by atoms with Gasteiger partial charge in [0.2, 0.25) is 10.0 Å². The van der Waals surface area contributed by atoms with Crippen LogP contribution in [0.4, 0.5) is 5.69 Å². The van der Waals surface area contributed by atoms with Crippen LogP contribution in [0.15, 0.2) is 64.4 Å². The highest BCUT2D eigenvalue weighted by Crippen LogP contribution is 2.22. The molecule has 1 unspecified atom stereocenters. The summed E-state index contributed by atoms with van der Waals surface area (Å²) in [6, 6.07) is 13.7. The van der Waals surface area contributed by atoms with Crippen LogP contribution < -0.4 is 4.72 Å². The molecule has 0 spiro atoms. The van der Waals surface area contributed by atoms with Gasteiger partial charge < -0.3 is 4.74 Å². The fourth-order valence-electron chi connectivity index (χ4n) is 2.66. The van der Waals surface area contributed by atoms with Gasteiger partial charge in [0.05, 0.1) is 22.5 Å². The van der Waals surface area contributed by atoms with Gasteiger partial charge in [-0.1, -0.05) is 18.2 Å². The van der Waals surface area contributed by atoms with Crippen molar-refractivity contribution in [1.29, 1.82) is 0 Å². The lowest BCUT2D eigenvalue weighted by Gasteiger charge is -2.30. The molecule has 9 heteroatoms. The molecule has 1 saturated heterocycles. The Bertz CT molecular complexity index is 958. The summed E-state index contributed by atoms with van der Waals surface area (Å²) in [5.41, 5.74) is 0.295. The fourth-order valence-corrected chi connectivity index (χ4v) is 5.24. The number of nitrogens with zero attached hydrogens (tertiary/aromatic N) is 1. The summed E-state index contributed by atoms with van der Waals surface area (Å²) in [7, 11) is -7.35. The molecule has 140 valence electrons. The minimum absolute atomic E-state index is 0.120. The van der Waals surface area contributed by atoms with Crippen molar-refractivity contribution < 1.29 is 21.6 Å². The fraction of sp³-hybridized carbons (Fsp3) is 0.294. The Kier molecular flexibility index (Phi) is 5.33. The Morgan fingerprint density at radius 1 is 0.962 bits per heavy atom. The van der Waals surface area contributed by atoms with Gasteiger partial charge in [0, 0.05) is 18.8 Å². The molecule has 3 rings (SSSR count). The van der Waals surface area contributed by atoms with E-state index in [9.17, 15) is 16.8 Å². The van der Waals surface area contributed by atoms with Crippen molar-refractivity contribution >= 4 is 25.7 Å². The van der Waals surface area contributed by atoms with Crippen molar-refractivity contribution in [3.63, 3.8) is 0 Å². The van der Waals surface area contributed by atoms with Crippen LogP contribution in [0.25, 0.3) is 0 Å². The summed E-state index contributed by atoms with van der Waals surface area (Å²) in [5, 5.41) is 0. The number of rotatable bonds is 5. The maximum atomic E-state index is 12.7. The first-order valence-electron chi connectivity index (χ1n) is 8.09. The molecule has 1 heterocycles. The van der Waals surface area contributed by atoms with Crippen LogP contribution >= 0.6 is 0 Å². The lowest BCUT2D eigenvalue weighted by molar-refractivity contribution is 0.0102. The van der Waals surface area contributed by atoms with Crippen molar-refractivity contribution in [3.05, 3.63) is 54.6 Å². The SMILES string of the molecule is CC1CN(S(=O)(=O)c2ccc(NS(=O)(=O)c3ccccc3)cc2)CCO1. The van der Waals surface area contributed by atoms with Crippen LogP contribution in [0.5, 0.6) is 0 Å². The Morgan fingerprint density at radius 3 is 2.23 bits per heavy atom. The van der Waals surface area contributed by atoms with E-state index < -0.39 is 20.0 Å². The Labute approximate surface area is 153 Å². The van der Waals surface area contributed by atoms with E-state index >= 15 is 0 Å². The molecule has 1 atom stereocenters. The Hall–Kier alpha value is -1.94. The second-order valence-electron chi connectivity index (χ2n) is 5.99. The molecule has 7 nitrogen and oxygen atoms in total. The third kappa shape index (κ3) is 4.07. The molecule has 0 amide bonds. The highest BCUT2D eigenvalue weighted by atomic mass is 32.2. The average molecular weight is 396 g/mol. The molecule has 1 aliphatic rings. The number of benzene rings is 2. The molecule has 1 aliphatic heterocycles. The monoisotopic (exact) mass is 396 g/mol. The molecule has 1 fully saturated rings. The zero-order chi connectivity index (χ0) is 18.8. The smallest absolute Gasteiger partial charge is 0.261 e. The molecule has 0 radical (unpaired) electrons. The van der Waals surface area contributed by atoms with Gasteiger partial charge >= 0.3 is 0 Å². The van der Waals surface area contributed by atoms with E-state index in [0.29, 0.717) is 25.4 Å². The first-order chi connectivity index (χ1) is 12.3. The lowest BCUT2D eigenvalue weighted by atomic mass is 10.3. The zero-order valence-electron chi connectivity index (χ0n) is 14.2. The van der Waals surface area contributed by atoms with Crippen LogP contribution in [0.2, 0.25) is 0 Å². The molecular weight excluding hydrogens is 376 g/mol. The van der Waals surface area contributed by atoms with Crippen LogP contribution in [0.1, 0.15) is 6.92 Å². The standard InChI is InChI=1S/C17H20N2O5S2/c1-14-13-19(11-12-24-14)26(22,23)17-9-7-15(8-10-17)18-25(20,21)16-5-3-2-4-6-16/h2-10,14,18H,11-13H2,1H3. The summed E-state index contributed by atoms with van der Waals surface area (Å²) in [6.07, 6.45) is -0.157. The summed E-state index contributed by atoms with van der Waals surface area (Å²) in [4.78, 5) is 0.258. The summed E-state index contributed by atoms with van der Waals surface area (Å²) in [5.74, 6) is 0. The maximum Gasteiger partial charge on any atom is 0.261 e. The van der Waals surface area contributed by atoms with Gasteiger partial charge in [-0.3, -0.25) is 4.72 Å². The normalized spacial score (nSPS) is 19.2. The number of morpholine rings is 1. The van der Waals surface area contributed by atoms with Gasteiger partial charge in [-0.15, -0.1) is 0 Å². The van der Waals surface area contributed by atoms with Gasteiger partial charge in [0.25, 0.3) is 10.0 Å². The molecule has 0 aromatic heterocycles. The summed E-state index contributed by atoms with van der Waals surface area (Å²) in [6.45, 7) is 2.78. The number of hydrogen-bond donors (Lipinski definition) is 1. The van der Waals surface area contributed by atoms with Crippen LogP contribution in [-0.2, 0) is 24.8 Å². The Balaban J connectivity index is 1.78. The number of ether oxygens (including phenoxy) is 1. The second kappa shape index (κ2) is 7.36. The molecule has 0 aliphatic carbocycles. The average Bonchev–Trinajstić information content (AvgIpc) is 2.63. The summed E-state index contributed by atoms with van der Waals surface area (Å²) >= 11 is 0. The van der Waals surface area contributed by atoms with E-state index in [2.05, 4.69) is 4.72 Å². The lowest BCUT2D eigenvalue weighted by Crippen LogP contribution is -2.44. The van der Waals surface area contributed by atoms with Crippen LogP contribution in [0.3, 0.4) is 0 Å². The molecule has 2 aromatic rings. The van der Waals surface area contributed by atoms with E-state index in [0.717, 1.165) is 0 Å². The van der Waals surface area contributed by atoms with Gasteiger partial charge in [-0.25, -0.2) is 16.8 Å². The van der Waals surface area contributed by atoms with Gasteiger partial charge in [-0.05, 0) is 43.3 Å². The molecule has 26 heavy (non-hydrogen) atoms. The zero-order valence-corrected chi connectivity index (χ0v) is 15.8. The predicted molar refractivity (Wildman–Crippen MR) is 97.9 cm³/mol. The first kappa shape index (κ1) is 18.8. The highest BCUT2D eigenvalue weighted by Gasteiger charge is 2.29. The predicted octanol–water partition coefficient (Wildman–Crippen LogP) is 1.90. The number of hydrogen-bond acceptors (Lipinski definition) is 5. The molecule has 0 bridgehead atoms. The van der Waals surface area contributed by atoms with Crippen molar-refractivity contribution in [3.8, 4) is 0 Å². The third-order valence-corrected chi connectivity index (χ3v) is 7.28. The van der Waals surface area contributed by atoms with Crippen LogP contribution in [0, 0.1) is 0 Å². The van der Waals surface area contributed by atoms with Gasteiger partial charge in [-0.2, -0.15) is 4.31 Å². The molecular formula is C17H20N2O5S2. The van der Waals surface area contributed by atoms with Crippen molar-refractivity contribution in [2.24, 2.45) is 0 Å².